The maximum Gasteiger partial charge on any atom is 0.255 e. The van der Waals surface area contributed by atoms with Crippen LogP contribution in [0.4, 0.5) is 5.69 Å². The quantitative estimate of drug-likeness (QED) is 0.776. The van der Waals surface area contributed by atoms with Gasteiger partial charge in [-0.05, 0) is 59.5 Å². The Kier molecular flexibility index (Phi) is 4.01. The summed E-state index contributed by atoms with van der Waals surface area (Å²) in [4.78, 5) is 12.4. The third kappa shape index (κ3) is 3.28. The molecule has 0 saturated heterocycles. The summed E-state index contributed by atoms with van der Waals surface area (Å²) in [6.45, 7) is 2.09. The second-order valence-electron chi connectivity index (χ2n) is 6.26. The van der Waals surface area contributed by atoms with Gasteiger partial charge in [0.25, 0.3) is 5.91 Å². The van der Waals surface area contributed by atoms with Crippen LogP contribution in [0, 0.1) is 0 Å². The first-order valence-corrected chi connectivity index (χ1v) is 8.53. The number of anilines is 1. The third-order valence-electron chi connectivity index (χ3n) is 4.39. The summed E-state index contributed by atoms with van der Waals surface area (Å²) in [6, 6.07) is 15.7. The summed E-state index contributed by atoms with van der Waals surface area (Å²) in [7, 11) is 0. The normalized spacial score (nSPS) is 13.6. The maximum atomic E-state index is 12.4. The van der Waals surface area contributed by atoms with Crippen LogP contribution in [-0.4, -0.2) is 26.1 Å². The number of aryl methyl sites for hydroxylation is 1. The number of benzene rings is 2. The number of nitrogens with zero attached hydrogens (tertiary/aromatic N) is 4. The number of nitrogens with one attached hydrogen (secondary N) is 1. The fourth-order valence-electron chi connectivity index (χ4n) is 2.78. The number of hydrogen-bond donors (Lipinski definition) is 1. The van der Waals surface area contributed by atoms with Gasteiger partial charge >= 0.3 is 0 Å². The molecule has 1 saturated carbocycles. The molecule has 1 N–H and O–H groups in total. The van der Waals surface area contributed by atoms with E-state index in [1.54, 1.807) is 0 Å². The zero-order valence-corrected chi connectivity index (χ0v) is 14.0. The second-order valence-corrected chi connectivity index (χ2v) is 6.26. The number of hydrogen-bond acceptors (Lipinski definition) is 4. The summed E-state index contributed by atoms with van der Waals surface area (Å²) in [5.41, 5.74) is 3.49. The molecule has 1 heterocycles. The molecule has 1 aromatic heterocycles. The molecule has 1 aliphatic rings. The molecule has 126 valence electrons. The summed E-state index contributed by atoms with van der Waals surface area (Å²) >= 11 is 0. The minimum atomic E-state index is -0.124. The van der Waals surface area contributed by atoms with Gasteiger partial charge in [-0.25, -0.2) is 4.68 Å². The van der Waals surface area contributed by atoms with Gasteiger partial charge in [0.05, 0.1) is 6.04 Å². The van der Waals surface area contributed by atoms with Crippen LogP contribution in [0.25, 0.3) is 11.4 Å². The van der Waals surface area contributed by atoms with Gasteiger partial charge < -0.3 is 5.32 Å². The van der Waals surface area contributed by atoms with E-state index in [1.807, 2.05) is 53.2 Å². The van der Waals surface area contributed by atoms with Crippen molar-refractivity contribution >= 4 is 11.6 Å². The van der Waals surface area contributed by atoms with Crippen LogP contribution in [0.2, 0.25) is 0 Å². The zero-order chi connectivity index (χ0) is 17.2. The number of tetrazole rings is 1. The first kappa shape index (κ1) is 15.5. The molecule has 0 aliphatic heterocycles. The number of carbonyl (C=O) groups excluding carboxylic acids is 1. The van der Waals surface area contributed by atoms with E-state index in [0.717, 1.165) is 36.3 Å². The van der Waals surface area contributed by atoms with E-state index in [2.05, 4.69) is 27.8 Å². The van der Waals surface area contributed by atoms with Crippen LogP contribution >= 0.6 is 0 Å². The topological polar surface area (TPSA) is 72.7 Å². The summed E-state index contributed by atoms with van der Waals surface area (Å²) in [6.07, 6.45) is 3.18. The van der Waals surface area contributed by atoms with Crippen molar-refractivity contribution in [3.8, 4) is 11.4 Å². The maximum absolute atomic E-state index is 12.4. The molecule has 0 radical (unpaired) electrons. The van der Waals surface area contributed by atoms with Gasteiger partial charge in [0.2, 0.25) is 0 Å². The SMILES string of the molecule is CCc1ccc(C(=O)Nc2cccc(-c3nnnn3C3CC3)c2)cc1. The van der Waals surface area contributed by atoms with Gasteiger partial charge in [0, 0.05) is 16.8 Å². The van der Waals surface area contributed by atoms with Crippen LogP contribution < -0.4 is 5.32 Å². The second kappa shape index (κ2) is 6.47. The highest BCUT2D eigenvalue weighted by Gasteiger charge is 2.28. The molecule has 6 heteroatoms. The molecular formula is C19H19N5O. The summed E-state index contributed by atoms with van der Waals surface area (Å²) in [5, 5.41) is 14.9. The number of aromatic nitrogens is 4. The van der Waals surface area contributed by atoms with E-state index in [4.69, 9.17) is 0 Å². The molecule has 25 heavy (non-hydrogen) atoms. The first-order valence-electron chi connectivity index (χ1n) is 8.53. The molecule has 1 amide bonds. The Hall–Kier alpha value is -3.02. The number of rotatable bonds is 5. The monoisotopic (exact) mass is 333 g/mol. The van der Waals surface area contributed by atoms with Crippen molar-refractivity contribution in [3.05, 3.63) is 59.7 Å². The standard InChI is InChI=1S/C19H19N5O/c1-2-13-6-8-14(9-7-13)19(25)20-16-5-3-4-15(12-16)18-21-22-23-24(18)17-10-11-17/h3-9,12,17H,2,10-11H2,1H3,(H,20,25). The third-order valence-corrected chi connectivity index (χ3v) is 4.39. The minimum Gasteiger partial charge on any atom is -0.322 e. The molecule has 4 rings (SSSR count). The van der Waals surface area contributed by atoms with Crippen molar-refractivity contribution in [3.63, 3.8) is 0 Å². The lowest BCUT2D eigenvalue weighted by Gasteiger charge is -2.08. The summed E-state index contributed by atoms with van der Waals surface area (Å²) < 4.78 is 1.87. The van der Waals surface area contributed by atoms with Gasteiger partial charge in [0.15, 0.2) is 5.82 Å². The fourth-order valence-corrected chi connectivity index (χ4v) is 2.78. The Morgan fingerprint density at radius 2 is 2.00 bits per heavy atom. The van der Waals surface area contributed by atoms with E-state index >= 15 is 0 Å². The Morgan fingerprint density at radius 3 is 2.72 bits per heavy atom. The van der Waals surface area contributed by atoms with Gasteiger partial charge in [-0.3, -0.25) is 4.79 Å². The lowest BCUT2D eigenvalue weighted by Crippen LogP contribution is -2.12. The molecule has 0 atom stereocenters. The molecule has 6 nitrogen and oxygen atoms in total. The Bertz CT molecular complexity index is 896. The van der Waals surface area contributed by atoms with Crippen molar-refractivity contribution in [1.82, 2.24) is 20.2 Å². The number of carbonyl (C=O) groups is 1. The first-order chi connectivity index (χ1) is 12.2. The molecular weight excluding hydrogens is 314 g/mol. The predicted molar refractivity (Wildman–Crippen MR) is 95.3 cm³/mol. The van der Waals surface area contributed by atoms with Crippen molar-refractivity contribution in [2.75, 3.05) is 5.32 Å². The molecule has 0 spiro atoms. The lowest BCUT2D eigenvalue weighted by molar-refractivity contribution is 0.102. The fraction of sp³-hybridized carbons (Fsp3) is 0.263. The van der Waals surface area contributed by atoms with E-state index in [-0.39, 0.29) is 5.91 Å². The summed E-state index contributed by atoms with van der Waals surface area (Å²) in [5.74, 6) is 0.618. The molecule has 0 bridgehead atoms. The molecule has 1 fully saturated rings. The van der Waals surface area contributed by atoms with Crippen molar-refractivity contribution in [2.24, 2.45) is 0 Å². The van der Waals surface area contributed by atoms with E-state index in [0.29, 0.717) is 11.6 Å². The van der Waals surface area contributed by atoms with Gasteiger partial charge in [-0.15, -0.1) is 5.10 Å². The van der Waals surface area contributed by atoms with E-state index in [9.17, 15) is 4.79 Å². The Morgan fingerprint density at radius 1 is 1.20 bits per heavy atom. The smallest absolute Gasteiger partial charge is 0.255 e. The predicted octanol–water partition coefficient (Wildman–Crippen LogP) is 3.49. The van der Waals surface area contributed by atoms with Crippen molar-refractivity contribution < 1.29 is 4.79 Å². The zero-order valence-electron chi connectivity index (χ0n) is 14.0. The molecule has 3 aromatic rings. The average Bonchev–Trinajstić information content (AvgIpc) is 3.38. The van der Waals surface area contributed by atoms with Crippen molar-refractivity contribution in [2.45, 2.75) is 32.2 Å². The van der Waals surface area contributed by atoms with Crippen LogP contribution in [0.5, 0.6) is 0 Å². The van der Waals surface area contributed by atoms with E-state index in [1.165, 1.54) is 5.56 Å². The molecule has 0 unspecified atom stereocenters. The minimum absolute atomic E-state index is 0.124. The van der Waals surface area contributed by atoms with Crippen LogP contribution in [-0.2, 0) is 6.42 Å². The molecule has 2 aromatic carbocycles. The van der Waals surface area contributed by atoms with Gasteiger partial charge in [-0.2, -0.15) is 0 Å². The van der Waals surface area contributed by atoms with Crippen LogP contribution in [0.15, 0.2) is 48.5 Å². The van der Waals surface area contributed by atoms with Gasteiger partial charge in [0.1, 0.15) is 0 Å². The highest BCUT2D eigenvalue weighted by Crippen LogP contribution is 2.36. The largest absolute Gasteiger partial charge is 0.322 e. The van der Waals surface area contributed by atoms with E-state index < -0.39 is 0 Å². The molecule has 1 aliphatic carbocycles. The average molecular weight is 333 g/mol. The number of amides is 1. The Labute approximate surface area is 145 Å². The Balaban J connectivity index is 1.54. The highest BCUT2D eigenvalue weighted by atomic mass is 16.1. The highest BCUT2D eigenvalue weighted by molar-refractivity contribution is 6.04. The van der Waals surface area contributed by atoms with Crippen LogP contribution in [0.1, 0.15) is 41.7 Å². The van der Waals surface area contributed by atoms with Crippen molar-refractivity contribution in [1.29, 1.82) is 0 Å². The van der Waals surface area contributed by atoms with Gasteiger partial charge in [-0.1, -0.05) is 31.2 Å². The lowest BCUT2D eigenvalue weighted by atomic mass is 10.1. The van der Waals surface area contributed by atoms with Crippen LogP contribution in [0.3, 0.4) is 0 Å².